The number of rotatable bonds is 5. The molecule has 0 fully saturated rings. The number of aromatic nitrogens is 2. The quantitative estimate of drug-likeness (QED) is 0.898. The molecular formula is C15H20N4O2. The van der Waals surface area contributed by atoms with E-state index in [1.807, 2.05) is 43.1 Å². The van der Waals surface area contributed by atoms with Crippen molar-refractivity contribution in [1.29, 1.82) is 0 Å². The highest BCUT2D eigenvalue weighted by Crippen LogP contribution is 2.33. The molecule has 0 amide bonds. The minimum Gasteiger partial charge on any atom is -0.454 e. The summed E-state index contributed by atoms with van der Waals surface area (Å²) in [5.74, 6) is 2.58. The van der Waals surface area contributed by atoms with Crippen molar-refractivity contribution in [3.05, 3.63) is 42.0 Å². The fourth-order valence-electron chi connectivity index (χ4n) is 2.44. The number of likely N-dealkylation sites (N-methyl/N-ethyl adjacent to an activating group) is 1. The van der Waals surface area contributed by atoms with Crippen molar-refractivity contribution in [3.8, 4) is 11.5 Å². The Labute approximate surface area is 124 Å². The maximum absolute atomic E-state index is 6.29. The average Bonchev–Trinajstić information content (AvgIpc) is 3.07. The van der Waals surface area contributed by atoms with Crippen molar-refractivity contribution in [3.63, 3.8) is 0 Å². The largest absolute Gasteiger partial charge is 0.454 e. The molecule has 1 aliphatic rings. The SMILES string of the molecule is CN(Cc1nccn1C)CC(N)c1ccc2c(c1)OCO2. The van der Waals surface area contributed by atoms with Gasteiger partial charge in [-0.3, -0.25) is 4.90 Å². The number of benzene rings is 1. The molecular weight excluding hydrogens is 268 g/mol. The first-order valence-electron chi connectivity index (χ1n) is 6.93. The first-order valence-corrected chi connectivity index (χ1v) is 6.93. The molecule has 112 valence electrons. The molecule has 1 atom stereocenters. The second-order valence-corrected chi connectivity index (χ2v) is 5.37. The summed E-state index contributed by atoms with van der Waals surface area (Å²) in [5, 5.41) is 0. The number of nitrogens with two attached hydrogens (primary N) is 1. The lowest BCUT2D eigenvalue weighted by Crippen LogP contribution is -2.29. The highest BCUT2D eigenvalue weighted by molar-refractivity contribution is 5.45. The van der Waals surface area contributed by atoms with Crippen LogP contribution in [-0.2, 0) is 13.6 Å². The molecule has 0 saturated carbocycles. The van der Waals surface area contributed by atoms with E-state index in [4.69, 9.17) is 15.2 Å². The van der Waals surface area contributed by atoms with E-state index in [1.54, 1.807) is 6.20 Å². The van der Waals surface area contributed by atoms with Gasteiger partial charge in [0.15, 0.2) is 11.5 Å². The molecule has 0 spiro atoms. The minimum absolute atomic E-state index is 0.0789. The highest BCUT2D eigenvalue weighted by atomic mass is 16.7. The third-order valence-corrected chi connectivity index (χ3v) is 3.67. The summed E-state index contributed by atoms with van der Waals surface area (Å²) in [6, 6.07) is 5.79. The van der Waals surface area contributed by atoms with E-state index in [0.717, 1.165) is 36.0 Å². The lowest BCUT2D eigenvalue weighted by atomic mass is 10.1. The molecule has 2 N–H and O–H groups in total. The van der Waals surface area contributed by atoms with E-state index in [-0.39, 0.29) is 12.8 Å². The second kappa shape index (κ2) is 5.75. The van der Waals surface area contributed by atoms with Crippen molar-refractivity contribution >= 4 is 0 Å². The molecule has 1 aliphatic heterocycles. The molecule has 0 radical (unpaired) electrons. The Balaban J connectivity index is 1.63. The molecule has 2 heterocycles. The van der Waals surface area contributed by atoms with Crippen LogP contribution in [0.4, 0.5) is 0 Å². The van der Waals surface area contributed by atoms with Crippen molar-refractivity contribution in [2.75, 3.05) is 20.4 Å². The molecule has 1 aromatic heterocycles. The van der Waals surface area contributed by atoms with Crippen LogP contribution in [0.25, 0.3) is 0 Å². The van der Waals surface area contributed by atoms with E-state index >= 15 is 0 Å². The van der Waals surface area contributed by atoms with E-state index in [1.165, 1.54) is 0 Å². The number of hydrogen-bond donors (Lipinski definition) is 1. The van der Waals surface area contributed by atoms with Crippen LogP contribution >= 0.6 is 0 Å². The van der Waals surface area contributed by atoms with E-state index < -0.39 is 0 Å². The summed E-state index contributed by atoms with van der Waals surface area (Å²) in [6.45, 7) is 1.79. The summed E-state index contributed by atoms with van der Waals surface area (Å²) in [4.78, 5) is 6.49. The van der Waals surface area contributed by atoms with Crippen molar-refractivity contribution in [1.82, 2.24) is 14.5 Å². The van der Waals surface area contributed by atoms with Crippen molar-refractivity contribution < 1.29 is 9.47 Å². The monoisotopic (exact) mass is 288 g/mol. The van der Waals surface area contributed by atoms with Crippen LogP contribution in [0.3, 0.4) is 0 Å². The molecule has 3 rings (SSSR count). The van der Waals surface area contributed by atoms with Crippen LogP contribution in [0.2, 0.25) is 0 Å². The number of imidazole rings is 1. The second-order valence-electron chi connectivity index (χ2n) is 5.37. The zero-order chi connectivity index (χ0) is 14.8. The summed E-state index contributed by atoms with van der Waals surface area (Å²) >= 11 is 0. The maximum Gasteiger partial charge on any atom is 0.231 e. The van der Waals surface area contributed by atoms with Gasteiger partial charge in [0.25, 0.3) is 0 Å². The number of nitrogens with zero attached hydrogens (tertiary/aromatic N) is 3. The van der Waals surface area contributed by atoms with Gasteiger partial charge in [-0.05, 0) is 24.7 Å². The summed E-state index contributed by atoms with van der Waals surface area (Å²) in [5.41, 5.74) is 7.34. The topological polar surface area (TPSA) is 65.5 Å². The predicted molar refractivity (Wildman–Crippen MR) is 79.0 cm³/mol. The zero-order valence-electron chi connectivity index (χ0n) is 12.3. The van der Waals surface area contributed by atoms with Crippen LogP contribution in [0.5, 0.6) is 11.5 Å². The van der Waals surface area contributed by atoms with Crippen molar-refractivity contribution in [2.45, 2.75) is 12.6 Å². The van der Waals surface area contributed by atoms with Gasteiger partial charge in [-0.15, -0.1) is 0 Å². The van der Waals surface area contributed by atoms with Gasteiger partial charge in [0.2, 0.25) is 6.79 Å². The Hall–Kier alpha value is -2.05. The lowest BCUT2D eigenvalue weighted by molar-refractivity contribution is 0.174. The zero-order valence-corrected chi connectivity index (χ0v) is 12.3. The number of aryl methyl sites for hydroxylation is 1. The smallest absolute Gasteiger partial charge is 0.231 e. The van der Waals surface area contributed by atoms with Gasteiger partial charge in [-0.25, -0.2) is 4.98 Å². The summed E-state index contributed by atoms with van der Waals surface area (Å²) < 4.78 is 12.7. The Kier molecular flexibility index (Phi) is 3.81. The summed E-state index contributed by atoms with van der Waals surface area (Å²) in [7, 11) is 4.04. The van der Waals surface area contributed by atoms with Gasteiger partial charge in [0.05, 0.1) is 6.54 Å². The van der Waals surface area contributed by atoms with Crippen LogP contribution in [0.15, 0.2) is 30.6 Å². The third-order valence-electron chi connectivity index (χ3n) is 3.67. The Morgan fingerprint density at radius 1 is 1.38 bits per heavy atom. The van der Waals surface area contributed by atoms with Gasteiger partial charge in [0, 0.05) is 32.0 Å². The average molecular weight is 288 g/mol. The molecule has 6 nitrogen and oxygen atoms in total. The molecule has 1 unspecified atom stereocenters. The standard InChI is InChI=1S/C15H20N4O2/c1-18(9-15-17-5-6-19(15)2)8-12(16)11-3-4-13-14(7-11)21-10-20-13/h3-7,12H,8-10,16H2,1-2H3. The molecule has 1 aromatic carbocycles. The number of fused-ring (bicyclic) bond motifs is 1. The Bertz CT molecular complexity index is 626. The first-order chi connectivity index (χ1) is 10.1. The van der Waals surface area contributed by atoms with Gasteiger partial charge >= 0.3 is 0 Å². The first kappa shape index (κ1) is 13.9. The predicted octanol–water partition coefficient (Wildman–Crippen LogP) is 1.28. The summed E-state index contributed by atoms with van der Waals surface area (Å²) in [6.07, 6.45) is 3.75. The maximum atomic E-state index is 6.29. The van der Waals surface area contributed by atoms with Crippen LogP contribution in [0.1, 0.15) is 17.4 Å². The van der Waals surface area contributed by atoms with E-state index in [0.29, 0.717) is 0 Å². The highest BCUT2D eigenvalue weighted by Gasteiger charge is 2.17. The van der Waals surface area contributed by atoms with Gasteiger partial charge < -0.3 is 19.8 Å². The molecule has 0 saturated heterocycles. The molecule has 21 heavy (non-hydrogen) atoms. The number of hydrogen-bond acceptors (Lipinski definition) is 5. The minimum atomic E-state index is -0.0789. The van der Waals surface area contributed by atoms with Gasteiger partial charge in [-0.2, -0.15) is 0 Å². The normalized spacial score (nSPS) is 14.7. The van der Waals surface area contributed by atoms with Gasteiger partial charge in [-0.1, -0.05) is 6.07 Å². The fourth-order valence-corrected chi connectivity index (χ4v) is 2.44. The lowest BCUT2D eigenvalue weighted by Gasteiger charge is -2.21. The molecule has 0 aliphatic carbocycles. The number of ether oxygens (including phenoxy) is 2. The van der Waals surface area contributed by atoms with Crippen LogP contribution in [-0.4, -0.2) is 34.8 Å². The van der Waals surface area contributed by atoms with E-state index in [9.17, 15) is 0 Å². The molecule has 2 aromatic rings. The van der Waals surface area contributed by atoms with Crippen molar-refractivity contribution in [2.24, 2.45) is 12.8 Å². The Morgan fingerprint density at radius 2 is 2.19 bits per heavy atom. The van der Waals surface area contributed by atoms with Gasteiger partial charge in [0.1, 0.15) is 5.82 Å². The van der Waals surface area contributed by atoms with Crippen LogP contribution < -0.4 is 15.2 Å². The fraction of sp³-hybridized carbons (Fsp3) is 0.400. The van der Waals surface area contributed by atoms with E-state index in [2.05, 4.69) is 9.88 Å². The third kappa shape index (κ3) is 3.01. The van der Waals surface area contributed by atoms with Crippen LogP contribution in [0, 0.1) is 0 Å². The molecule has 6 heteroatoms. The molecule has 0 bridgehead atoms. The Morgan fingerprint density at radius 3 is 2.95 bits per heavy atom.